The van der Waals surface area contributed by atoms with Crippen LogP contribution in [0.2, 0.25) is 0 Å². The van der Waals surface area contributed by atoms with E-state index in [-0.39, 0.29) is 11.4 Å². The number of phenols is 1. The number of phenolic OH excluding ortho intramolecular Hbond substituents is 1. The van der Waals surface area contributed by atoms with Gasteiger partial charge in [0.2, 0.25) is 0 Å². The summed E-state index contributed by atoms with van der Waals surface area (Å²) in [4.78, 5) is 19.1. The first-order chi connectivity index (χ1) is 9.02. The van der Waals surface area contributed by atoms with E-state index in [4.69, 9.17) is 9.84 Å². The predicted octanol–water partition coefficient (Wildman–Crippen LogP) is -0.186. The zero-order valence-electron chi connectivity index (χ0n) is 9.99. The average Bonchev–Trinajstić information content (AvgIpc) is 2.39. The first-order valence-corrected chi connectivity index (χ1v) is 6.47. The van der Waals surface area contributed by atoms with E-state index < -0.39 is 5.97 Å². The number of carboxylic acid groups (broad SMARTS) is 1. The summed E-state index contributed by atoms with van der Waals surface area (Å²) >= 11 is 1.10. The van der Waals surface area contributed by atoms with Gasteiger partial charge in [-0.15, -0.1) is 0 Å². The Balaban J connectivity index is 2.53. The molecule has 2 N–H and O–H groups in total. The molecule has 0 aliphatic carbocycles. The number of hydrogen-bond acceptors (Lipinski definition) is 5. The fourth-order valence-electron chi connectivity index (χ4n) is 1.53. The van der Waals surface area contributed by atoms with Crippen molar-refractivity contribution in [2.45, 2.75) is 0 Å². The summed E-state index contributed by atoms with van der Waals surface area (Å²) in [5.74, 6) is -0.812. The van der Waals surface area contributed by atoms with Crippen molar-refractivity contribution in [2.24, 2.45) is 0 Å². The molecule has 7 heteroatoms. The number of aromatic nitrogens is 2. The molecule has 0 radical (unpaired) electrons. The number of carbonyl (C=O) groups is 1. The van der Waals surface area contributed by atoms with Crippen molar-refractivity contribution in [3.05, 3.63) is 30.1 Å². The van der Waals surface area contributed by atoms with E-state index in [1.165, 1.54) is 19.4 Å². The van der Waals surface area contributed by atoms with Gasteiger partial charge in [-0.25, -0.2) is 0 Å². The van der Waals surface area contributed by atoms with E-state index in [0.29, 0.717) is 21.5 Å². The molecule has 98 valence electrons. The molecule has 0 aliphatic rings. The molecule has 1 aromatic heterocycles. The van der Waals surface area contributed by atoms with Crippen molar-refractivity contribution >= 4 is 27.3 Å². The number of benzene rings is 1. The Labute approximate surface area is 117 Å². The first-order valence-electron chi connectivity index (χ1n) is 5.26. The number of aromatic carboxylic acids is 1. The van der Waals surface area contributed by atoms with Crippen LogP contribution in [0.5, 0.6) is 11.5 Å². The maximum atomic E-state index is 11.0. The molecule has 1 aromatic carbocycles. The van der Waals surface area contributed by atoms with Gasteiger partial charge in [0.05, 0.1) is 0 Å². The molecule has 6 nitrogen and oxygen atoms in total. The molecule has 1 atom stereocenters. The molecule has 0 amide bonds. The summed E-state index contributed by atoms with van der Waals surface area (Å²) < 4.78 is 5.41. The third-order valence-electron chi connectivity index (χ3n) is 2.48. The van der Waals surface area contributed by atoms with Crippen LogP contribution < -0.4 is 9.22 Å². The van der Waals surface area contributed by atoms with Gasteiger partial charge in [-0.3, -0.25) is 0 Å². The molecule has 19 heavy (non-hydrogen) atoms. The van der Waals surface area contributed by atoms with Gasteiger partial charge in [-0.2, -0.15) is 0 Å². The molecular weight excluding hydrogens is 311 g/mol. The fourth-order valence-corrected chi connectivity index (χ4v) is 2.08. The molecule has 0 saturated heterocycles. The van der Waals surface area contributed by atoms with Crippen LogP contribution in [0.1, 0.15) is 10.5 Å². The number of rotatable bonds is 3. The zero-order chi connectivity index (χ0) is 14.0. The van der Waals surface area contributed by atoms with Gasteiger partial charge in [0.1, 0.15) is 0 Å². The van der Waals surface area contributed by atoms with Gasteiger partial charge in [-0.1, -0.05) is 0 Å². The van der Waals surface area contributed by atoms with Gasteiger partial charge in [0.25, 0.3) is 0 Å². The number of methoxy groups -OCH3 is 1. The van der Waals surface area contributed by atoms with Crippen molar-refractivity contribution in [3.8, 4) is 22.8 Å². The van der Waals surface area contributed by atoms with E-state index in [0.717, 1.165) is 16.9 Å². The third kappa shape index (κ3) is 2.68. The van der Waals surface area contributed by atoms with Gasteiger partial charge in [-0.05, 0) is 0 Å². The summed E-state index contributed by atoms with van der Waals surface area (Å²) in [5, 5.41) is 18.5. The molecule has 0 fully saturated rings. The number of nitrogens with zero attached hydrogens (tertiary/aromatic N) is 2. The van der Waals surface area contributed by atoms with Crippen LogP contribution in [0.3, 0.4) is 0 Å². The quantitative estimate of drug-likeness (QED) is 0.761. The fraction of sp³-hybridized carbons (Fsp3) is 0.0833. The van der Waals surface area contributed by atoms with Crippen LogP contribution in [0.25, 0.3) is 11.3 Å². The van der Waals surface area contributed by atoms with E-state index in [9.17, 15) is 9.90 Å². The zero-order valence-corrected chi connectivity index (χ0v) is 12.4. The number of ether oxygens (including phenoxy) is 1. The Hall–Kier alpha value is -2.07. The number of hydrogen-bond donors (Lipinski definition) is 2. The molecule has 1 heterocycles. The Kier molecular flexibility index (Phi) is 3.71. The standard InChI is InChI=1S/C12H11AsN2O4/c1-19-9-4-6(2-3-8(9)16)7-5-14-11(13)10(15-7)12(17)18/h2-5,16H,13H2,1H3,(H,17,18). The van der Waals surface area contributed by atoms with Crippen LogP contribution in [-0.2, 0) is 0 Å². The second-order valence-electron chi connectivity index (χ2n) is 3.68. The molecule has 0 saturated carbocycles. The SMILES string of the molecule is COc1cc(-c2cnc([AsH2])c(C(=O)O)n2)ccc1O. The molecule has 1 unspecified atom stereocenters. The molecule has 0 spiro atoms. The Morgan fingerprint density at radius 3 is 2.79 bits per heavy atom. The van der Waals surface area contributed by atoms with Crippen LogP contribution in [0, 0.1) is 0 Å². The minimum absolute atomic E-state index is 0.00751. The Morgan fingerprint density at radius 2 is 2.16 bits per heavy atom. The second-order valence-corrected chi connectivity index (χ2v) is 4.83. The summed E-state index contributed by atoms with van der Waals surface area (Å²) in [5.41, 5.74) is 0.971. The van der Waals surface area contributed by atoms with Crippen molar-refractivity contribution in [1.82, 2.24) is 9.97 Å². The Morgan fingerprint density at radius 1 is 1.42 bits per heavy atom. The first kappa shape index (κ1) is 13.4. The van der Waals surface area contributed by atoms with Gasteiger partial charge in [0.15, 0.2) is 0 Å². The summed E-state index contributed by atoms with van der Waals surface area (Å²) in [7, 11) is 1.44. The van der Waals surface area contributed by atoms with Gasteiger partial charge < -0.3 is 0 Å². The van der Waals surface area contributed by atoms with Crippen molar-refractivity contribution in [1.29, 1.82) is 0 Å². The second kappa shape index (κ2) is 5.28. The van der Waals surface area contributed by atoms with E-state index in [2.05, 4.69) is 9.97 Å². The van der Waals surface area contributed by atoms with Crippen molar-refractivity contribution in [2.75, 3.05) is 7.11 Å². The van der Waals surface area contributed by atoms with Gasteiger partial charge in [0, 0.05) is 0 Å². The van der Waals surface area contributed by atoms with Gasteiger partial charge >= 0.3 is 117 Å². The Bertz CT molecular complexity index is 646. The topological polar surface area (TPSA) is 92.5 Å². The van der Waals surface area contributed by atoms with Crippen LogP contribution in [0.4, 0.5) is 0 Å². The van der Waals surface area contributed by atoms with E-state index >= 15 is 0 Å². The van der Waals surface area contributed by atoms with Crippen molar-refractivity contribution in [3.63, 3.8) is 0 Å². The molecule has 2 rings (SSSR count). The monoisotopic (exact) mass is 322 g/mol. The van der Waals surface area contributed by atoms with Crippen molar-refractivity contribution < 1.29 is 19.7 Å². The molecule has 0 aliphatic heterocycles. The maximum absolute atomic E-state index is 11.0. The normalized spacial score (nSPS) is 10.2. The third-order valence-corrected chi connectivity index (χ3v) is 3.37. The van der Waals surface area contributed by atoms with Crippen LogP contribution in [0.15, 0.2) is 24.4 Å². The summed E-state index contributed by atoms with van der Waals surface area (Å²) in [6, 6.07) is 4.65. The predicted molar refractivity (Wildman–Crippen MR) is 70.8 cm³/mol. The minimum atomic E-state index is -1.11. The summed E-state index contributed by atoms with van der Waals surface area (Å²) in [6.07, 6.45) is 1.50. The number of carboxylic acids is 1. The molecular formula is C12H11AsN2O4. The van der Waals surface area contributed by atoms with E-state index in [1.807, 2.05) is 0 Å². The number of aromatic hydroxyl groups is 1. The van der Waals surface area contributed by atoms with E-state index in [1.54, 1.807) is 12.1 Å². The summed E-state index contributed by atoms with van der Waals surface area (Å²) in [6.45, 7) is 0. The van der Waals surface area contributed by atoms with Crippen LogP contribution >= 0.6 is 0 Å². The molecule has 2 aromatic rings. The average molecular weight is 322 g/mol. The molecule has 0 bridgehead atoms. The van der Waals surface area contributed by atoms with Crippen LogP contribution in [-0.4, -0.2) is 50.1 Å².